The van der Waals surface area contributed by atoms with E-state index < -0.39 is 0 Å². The summed E-state index contributed by atoms with van der Waals surface area (Å²) in [6.45, 7) is 0. The highest BCUT2D eigenvalue weighted by atomic mass is 16.5. The maximum absolute atomic E-state index is 12.1. The number of nitrogens with zero attached hydrogens (tertiary/aromatic N) is 4. The summed E-state index contributed by atoms with van der Waals surface area (Å²) < 4.78 is 7.56. The van der Waals surface area contributed by atoms with Crippen molar-refractivity contribution in [2.45, 2.75) is 31.3 Å². The molecule has 4 aliphatic rings. The van der Waals surface area contributed by atoms with Gasteiger partial charge in [-0.3, -0.25) is 4.79 Å². The molecular formula is C18H15N5O2. The van der Waals surface area contributed by atoms with Crippen molar-refractivity contribution >= 4 is 17.2 Å². The van der Waals surface area contributed by atoms with Crippen molar-refractivity contribution in [2.75, 3.05) is 0 Å². The summed E-state index contributed by atoms with van der Waals surface area (Å²) in [5, 5.41) is 7.56. The molecule has 0 bridgehead atoms. The Morgan fingerprint density at radius 3 is 3.08 bits per heavy atom. The Morgan fingerprint density at radius 2 is 2.20 bits per heavy atom. The van der Waals surface area contributed by atoms with Gasteiger partial charge in [0.1, 0.15) is 0 Å². The number of rotatable bonds is 2. The van der Waals surface area contributed by atoms with Crippen molar-refractivity contribution in [3.63, 3.8) is 0 Å². The lowest BCUT2D eigenvalue weighted by molar-refractivity contribution is -0.114. The van der Waals surface area contributed by atoms with E-state index >= 15 is 0 Å². The van der Waals surface area contributed by atoms with Crippen molar-refractivity contribution < 1.29 is 9.32 Å². The molecule has 1 saturated carbocycles. The maximum Gasteiger partial charge on any atom is 0.229 e. The molecule has 1 fully saturated rings. The molecule has 0 unspecified atom stereocenters. The van der Waals surface area contributed by atoms with E-state index in [-0.39, 0.29) is 11.9 Å². The fourth-order valence-electron chi connectivity index (χ4n) is 3.79. The van der Waals surface area contributed by atoms with Crippen LogP contribution in [0.4, 0.5) is 0 Å². The molecule has 2 aromatic heterocycles. The lowest BCUT2D eigenvalue weighted by Crippen LogP contribution is -2.34. The highest BCUT2D eigenvalue weighted by molar-refractivity contribution is 5.98. The predicted octanol–water partition coefficient (Wildman–Crippen LogP) is 2.36. The second kappa shape index (κ2) is 4.50. The standard InChI is InChI=1S/C18H15N5O2/c24-11-5-6-13-14(8-11)23-15(12-2-1-7-22(12)13)9-19-17(23)16-20-18(25-21-16)10-3-4-10/h1-2,5-7,9-10,17,19H,3-4,8H2/t17-/m0/s1. The third-order valence-electron chi connectivity index (χ3n) is 5.15. The van der Waals surface area contributed by atoms with Gasteiger partial charge >= 0.3 is 0 Å². The van der Waals surface area contributed by atoms with Crippen LogP contribution in [0, 0.1) is 0 Å². The topological polar surface area (TPSA) is 76.2 Å². The predicted molar refractivity (Wildman–Crippen MR) is 88.4 cm³/mol. The molecule has 0 radical (unpaired) electrons. The molecule has 6 rings (SSSR count). The molecule has 2 aliphatic heterocycles. The molecule has 0 saturated heterocycles. The largest absolute Gasteiger partial charge is 0.363 e. The molecular weight excluding hydrogens is 318 g/mol. The third kappa shape index (κ3) is 1.77. The first kappa shape index (κ1) is 13.2. The van der Waals surface area contributed by atoms with E-state index in [1.165, 1.54) is 0 Å². The summed E-state index contributed by atoms with van der Waals surface area (Å²) in [7, 11) is 0. The minimum absolute atomic E-state index is 0.103. The number of allylic oxidation sites excluding steroid dienone is 4. The van der Waals surface area contributed by atoms with Gasteiger partial charge in [-0.25, -0.2) is 0 Å². The van der Waals surface area contributed by atoms with Crippen molar-refractivity contribution in [2.24, 2.45) is 0 Å². The number of carbonyl (C=O) groups excluding carboxylic acids is 1. The summed E-state index contributed by atoms with van der Waals surface area (Å²) in [6, 6.07) is 4.09. The number of hydrogen-bond donors (Lipinski definition) is 1. The third-order valence-corrected chi connectivity index (χ3v) is 5.15. The van der Waals surface area contributed by atoms with E-state index in [1.54, 1.807) is 6.08 Å². The average Bonchev–Trinajstić information content (AvgIpc) is 3.04. The summed E-state index contributed by atoms with van der Waals surface area (Å²) in [5.41, 5.74) is 4.10. The van der Waals surface area contributed by atoms with Gasteiger partial charge in [0, 0.05) is 18.3 Å². The Kier molecular flexibility index (Phi) is 2.38. The summed E-state index contributed by atoms with van der Waals surface area (Å²) in [5.74, 6) is 1.86. The van der Waals surface area contributed by atoms with Gasteiger partial charge in [-0.05, 0) is 37.1 Å². The zero-order chi connectivity index (χ0) is 16.5. The van der Waals surface area contributed by atoms with Crippen LogP contribution < -0.4 is 5.32 Å². The molecule has 7 heteroatoms. The smallest absolute Gasteiger partial charge is 0.229 e. The first-order chi connectivity index (χ1) is 12.3. The number of ketones is 1. The highest BCUT2D eigenvalue weighted by Crippen LogP contribution is 2.45. The minimum Gasteiger partial charge on any atom is -0.363 e. The van der Waals surface area contributed by atoms with Crippen LogP contribution in [-0.4, -0.2) is 25.4 Å². The van der Waals surface area contributed by atoms with Gasteiger partial charge < -0.3 is 19.3 Å². The Bertz CT molecular complexity index is 1000. The first-order valence-corrected chi connectivity index (χ1v) is 8.51. The average molecular weight is 333 g/mol. The maximum atomic E-state index is 12.1. The molecule has 1 atom stereocenters. The van der Waals surface area contributed by atoms with Gasteiger partial charge in [0.05, 0.1) is 29.2 Å². The van der Waals surface area contributed by atoms with Crippen LogP contribution in [0.1, 0.15) is 48.8 Å². The second-order valence-electron chi connectivity index (χ2n) is 6.81. The van der Waals surface area contributed by atoms with E-state index in [2.05, 4.69) is 31.0 Å². The lowest BCUT2D eigenvalue weighted by Gasteiger charge is -2.36. The zero-order valence-corrected chi connectivity index (χ0v) is 13.3. The summed E-state index contributed by atoms with van der Waals surface area (Å²) >= 11 is 0. The van der Waals surface area contributed by atoms with Crippen LogP contribution in [-0.2, 0) is 4.79 Å². The molecule has 25 heavy (non-hydrogen) atoms. The Balaban J connectivity index is 1.48. The minimum atomic E-state index is -0.251. The summed E-state index contributed by atoms with van der Waals surface area (Å²) in [4.78, 5) is 18.8. The van der Waals surface area contributed by atoms with Gasteiger partial charge in [-0.2, -0.15) is 4.98 Å². The number of nitrogens with one attached hydrogen (secondary N) is 1. The molecule has 0 aromatic carbocycles. The molecule has 7 nitrogen and oxygen atoms in total. The Morgan fingerprint density at radius 1 is 1.28 bits per heavy atom. The Hall–Kier alpha value is -3.09. The summed E-state index contributed by atoms with van der Waals surface area (Å²) in [6.07, 6.45) is 9.89. The van der Waals surface area contributed by atoms with Gasteiger partial charge in [0.25, 0.3) is 0 Å². The van der Waals surface area contributed by atoms with Crippen LogP contribution in [0.25, 0.3) is 11.4 Å². The molecule has 124 valence electrons. The van der Waals surface area contributed by atoms with Crippen molar-refractivity contribution in [3.05, 3.63) is 59.8 Å². The van der Waals surface area contributed by atoms with E-state index in [1.807, 2.05) is 24.5 Å². The normalized spacial score (nSPS) is 24.0. The number of aromatic nitrogens is 3. The van der Waals surface area contributed by atoms with Crippen LogP contribution in [0.3, 0.4) is 0 Å². The number of hydrogen-bond acceptors (Lipinski definition) is 6. The number of carbonyl (C=O) groups is 1. The van der Waals surface area contributed by atoms with Gasteiger partial charge in [-0.15, -0.1) is 0 Å². The quantitative estimate of drug-likeness (QED) is 0.909. The Labute approximate surface area is 143 Å². The van der Waals surface area contributed by atoms with E-state index in [0.717, 1.165) is 41.5 Å². The van der Waals surface area contributed by atoms with Crippen LogP contribution >= 0.6 is 0 Å². The SMILES string of the molecule is O=C1C=CC2=C(C1)N1C(=CN[C@@H]1c1noc(C3CC3)n1)c1cccn12. The highest BCUT2D eigenvalue weighted by Gasteiger charge is 2.41. The van der Waals surface area contributed by atoms with E-state index in [0.29, 0.717) is 18.2 Å². The molecule has 2 aliphatic carbocycles. The van der Waals surface area contributed by atoms with Crippen molar-refractivity contribution in [1.82, 2.24) is 24.9 Å². The van der Waals surface area contributed by atoms with Crippen molar-refractivity contribution in [1.29, 1.82) is 0 Å². The van der Waals surface area contributed by atoms with E-state index in [4.69, 9.17) is 4.52 Å². The molecule has 0 spiro atoms. The molecule has 2 aromatic rings. The fourth-order valence-corrected chi connectivity index (χ4v) is 3.79. The fraction of sp³-hybridized carbons (Fsp3) is 0.278. The van der Waals surface area contributed by atoms with Gasteiger partial charge in [-0.1, -0.05) is 5.16 Å². The van der Waals surface area contributed by atoms with Crippen LogP contribution in [0.2, 0.25) is 0 Å². The van der Waals surface area contributed by atoms with Crippen molar-refractivity contribution in [3.8, 4) is 0 Å². The first-order valence-electron chi connectivity index (χ1n) is 8.51. The van der Waals surface area contributed by atoms with Crippen LogP contribution in [0.5, 0.6) is 0 Å². The zero-order valence-electron chi connectivity index (χ0n) is 13.3. The molecule has 1 N–H and O–H groups in total. The monoisotopic (exact) mass is 333 g/mol. The van der Waals surface area contributed by atoms with Crippen LogP contribution in [0.15, 0.2) is 46.9 Å². The van der Waals surface area contributed by atoms with E-state index in [9.17, 15) is 4.79 Å². The number of fused-ring (bicyclic) bond motifs is 5. The second-order valence-corrected chi connectivity index (χ2v) is 6.81. The lowest BCUT2D eigenvalue weighted by atomic mass is 10.0. The molecule has 0 amide bonds. The van der Waals surface area contributed by atoms with Gasteiger partial charge in [0.2, 0.25) is 11.7 Å². The van der Waals surface area contributed by atoms with Gasteiger partial charge in [0.15, 0.2) is 11.9 Å². The molecule has 4 heterocycles.